The average molecular weight is 452 g/mol. The third-order valence-electron chi connectivity index (χ3n) is 6.58. The Bertz CT molecular complexity index is 1640. The molecule has 0 radical (unpaired) electrons. The number of halogens is 1. The van der Waals surface area contributed by atoms with Crippen LogP contribution in [0.15, 0.2) is 65.8 Å². The molecular weight excluding hydrogens is 429 g/mol. The van der Waals surface area contributed by atoms with Gasteiger partial charge in [-0.05, 0) is 77.2 Å². The molecule has 2 aromatic heterocycles. The van der Waals surface area contributed by atoms with E-state index in [0.717, 1.165) is 50.1 Å². The Morgan fingerprint density at radius 1 is 1.09 bits per heavy atom. The summed E-state index contributed by atoms with van der Waals surface area (Å²) in [5.41, 5.74) is 7.96. The number of carbonyl (C=O) groups is 1. The van der Waals surface area contributed by atoms with Crippen LogP contribution in [0.5, 0.6) is 0 Å². The van der Waals surface area contributed by atoms with Crippen LogP contribution in [0.3, 0.4) is 0 Å². The standard InChI is InChI=1S/C28H22FN3O2/c1-15(2)27-26(16-9-22(28(33)34)21-7-8-31-24(21)11-16)23-10-17-13-30-14-18(17)12-25(23)32(27)20-5-3-19(29)4-6-20/h3-12,14-15,31H,13H2,1-2H3,(H,33,34). The number of rotatable bonds is 4. The van der Waals surface area contributed by atoms with Gasteiger partial charge in [0.15, 0.2) is 0 Å². The van der Waals surface area contributed by atoms with Crippen molar-refractivity contribution in [2.75, 3.05) is 0 Å². The Kier molecular flexibility index (Phi) is 4.45. The van der Waals surface area contributed by atoms with E-state index in [1.165, 1.54) is 12.1 Å². The number of hydrogen-bond acceptors (Lipinski definition) is 2. The summed E-state index contributed by atoms with van der Waals surface area (Å²) in [6, 6.07) is 16.4. The van der Waals surface area contributed by atoms with Crippen molar-refractivity contribution in [2.45, 2.75) is 26.3 Å². The molecular formula is C28H22FN3O2. The summed E-state index contributed by atoms with van der Waals surface area (Å²) in [6.45, 7) is 4.87. The highest BCUT2D eigenvalue weighted by Gasteiger charge is 2.25. The predicted octanol–water partition coefficient (Wildman–Crippen LogP) is 6.67. The van der Waals surface area contributed by atoms with Crippen LogP contribution in [0.1, 0.15) is 46.9 Å². The zero-order chi connectivity index (χ0) is 23.6. The van der Waals surface area contributed by atoms with Crippen LogP contribution in [0.4, 0.5) is 4.39 Å². The van der Waals surface area contributed by atoms with Crippen molar-refractivity contribution in [2.24, 2.45) is 4.99 Å². The molecule has 5 nitrogen and oxygen atoms in total. The molecule has 0 aliphatic carbocycles. The summed E-state index contributed by atoms with van der Waals surface area (Å²) in [4.78, 5) is 19.7. The molecule has 34 heavy (non-hydrogen) atoms. The van der Waals surface area contributed by atoms with Crippen molar-refractivity contribution < 1.29 is 14.3 Å². The number of aromatic carboxylic acids is 1. The normalized spacial score (nSPS) is 12.8. The van der Waals surface area contributed by atoms with Gasteiger partial charge >= 0.3 is 5.97 Å². The number of fused-ring (bicyclic) bond motifs is 3. The van der Waals surface area contributed by atoms with E-state index in [1.807, 2.05) is 12.3 Å². The van der Waals surface area contributed by atoms with Crippen molar-refractivity contribution in [1.82, 2.24) is 9.55 Å². The highest BCUT2D eigenvalue weighted by molar-refractivity contribution is 6.08. The lowest BCUT2D eigenvalue weighted by molar-refractivity contribution is 0.0699. The summed E-state index contributed by atoms with van der Waals surface area (Å²) in [5.74, 6) is -1.14. The number of carboxylic acids is 1. The van der Waals surface area contributed by atoms with Gasteiger partial charge in [-0.15, -0.1) is 0 Å². The Hall–Kier alpha value is -4.19. The van der Waals surface area contributed by atoms with E-state index in [-0.39, 0.29) is 17.3 Å². The van der Waals surface area contributed by atoms with Crippen molar-refractivity contribution >= 4 is 34.0 Å². The van der Waals surface area contributed by atoms with Crippen LogP contribution in [-0.4, -0.2) is 26.8 Å². The molecule has 6 rings (SSSR count). The van der Waals surface area contributed by atoms with E-state index in [9.17, 15) is 14.3 Å². The molecule has 0 fully saturated rings. The second kappa shape index (κ2) is 7.42. The summed E-state index contributed by atoms with van der Waals surface area (Å²) in [5, 5.41) is 11.6. The van der Waals surface area contributed by atoms with E-state index in [4.69, 9.17) is 0 Å². The first kappa shape index (κ1) is 20.4. The van der Waals surface area contributed by atoms with Gasteiger partial charge in [-0.3, -0.25) is 4.99 Å². The van der Waals surface area contributed by atoms with Crippen LogP contribution in [-0.2, 0) is 6.54 Å². The molecule has 3 aromatic carbocycles. The van der Waals surface area contributed by atoms with Gasteiger partial charge in [-0.2, -0.15) is 0 Å². The Balaban J connectivity index is 1.76. The van der Waals surface area contributed by atoms with Crippen LogP contribution in [0.2, 0.25) is 0 Å². The molecule has 3 heterocycles. The molecule has 1 aliphatic heterocycles. The van der Waals surface area contributed by atoms with Crippen molar-refractivity contribution in [1.29, 1.82) is 0 Å². The number of benzene rings is 3. The lowest BCUT2D eigenvalue weighted by Crippen LogP contribution is -2.04. The third-order valence-corrected chi connectivity index (χ3v) is 6.58. The van der Waals surface area contributed by atoms with E-state index in [0.29, 0.717) is 11.9 Å². The highest BCUT2D eigenvalue weighted by atomic mass is 19.1. The maximum atomic E-state index is 13.8. The average Bonchev–Trinajstić information content (AvgIpc) is 3.53. The first-order valence-corrected chi connectivity index (χ1v) is 11.2. The van der Waals surface area contributed by atoms with Gasteiger partial charge in [-0.25, -0.2) is 9.18 Å². The summed E-state index contributed by atoms with van der Waals surface area (Å²) in [7, 11) is 0. The minimum atomic E-state index is -0.964. The minimum absolute atomic E-state index is 0.114. The Labute approximate surface area is 195 Å². The molecule has 5 aromatic rings. The van der Waals surface area contributed by atoms with E-state index in [2.05, 4.69) is 40.5 Å². The number of carboxylic acid groups (broad SMARTS) is 1. The summed E-state index contributed by atoms with van der Waals surface area (Å²) < 4.78 is 15.9. The highest BCUT2D eigenvalue weighted by Crippen LogP contribution is 2.43. The number of aliphatic imine (C=N–C) groups is 1. The molecule has 0 amide bonds. The van der Waals surface area contributed by atoms with Crippen LogP contribution in [0, 0.1) is 5.82 Å². The Morgan fingerprint density at radius 3 is 2.62 bits per heavy atom. The monoisotopic (exact) mass is 451 g/mol. The lowest BCUT2D eigenvalue weighted by Gasteiger charge is -2.16. The van der Waals surface area contributed by atoms with Crippen molar-refractivity contribution in [3.05, 3.63) is 89.0 Å². The second-order valence-corrected chi connectivity index (χ2v) is 9.03. The quantitative estimate of drug-likeness (QED) is 0.320. The number of nitrogens with one attached hydrogen (secondary N) is 1. The molecule has 0 atom stereocenters. The molecule has 0 unspecified atom stereocenters. The fourth-order valence-corrected chi connectivity index (χ4v) is 5.12. The maximum absolute atomic E-state index is 13.8. The minimum Gasteiger partial charge on any atom is -0.478 e. The second-order valence-electron chi connectivity index (χ2n) is 9.03. The van der Waals surface area contributed by atoms with E-state index in [1.54, 1.807) is 30.5 Å². The largest absolute Gasteiger partial charge is 0.478 e. The molecule has 6 heteroatoms. The van der Waals surface area contributed by atoms with Gasteiger partial charge in [0, 0.05) is 45.6 Å². The number of nitrogens with zero attached hydrogens (tertiary/aromatic N) is 2. The fourth-order valence-electron chi connectivity index (χ4n) is 5.12. The van der Waals surface area contributed by atoms with Crippen molar-refractivity contribution in [3.63, 3.8) is 0 Å². The van der Waals surface area contributed by atoms with Crippen LogP contribution < -0.4 is 0 Å². The van der Waals surface area contributed by atoms with Gasteiger partial charge in [-0.1, -0.05) is 13.8 Å². The maximum Gasteiger partial charge on any atom is 0.336 e. The molecule has 0 spiro atoms. The van der Waals surface area contributed by atoms with Gasteiger partial charge in [0.2, 0.25) is 0 Å². The molecule has 1 aliphatic rings. The molecule has 168 valence electrons. The molecule has 0 saturated heterocycles. The van der Waals surface area contributed by atoms with Crippen LogP contribution in [0.25, 0.3) is 38.6 Å². The fraction of sp³-hybridized carbons (Fsp3) is 0.143. The van der Waals surface area contributed by atoms with Crippen molar-refractivity contribution in [3.8, 4) is 16.8 Å². The first-order valence-electron chi connectivity index (χ1n) is 11.2. The number of aromatic amines is 1. The lowest BCUT2D eigenvalue weighted by atomic mass is 9.93. The van der Waals surface area contributed by atoms with Gasteiger partial charge in [0.05, 0.1) is 17.6 Å². The number of aromatic nitrogens is 2. The smallest absolute Gasteiger partial charge is 0.336 e. The van der Waals surface area contributed by atoms with Gasteiger partial charge in [0.1, 0.15) is 5.82 Å². The molecule has 0 saturated carbocycles. The summed E-state index contributed by atoms with van der Waals surface area (Å²) >= 11 is 0. The third kappa shape index (κ3) is 2.99. The van der Waals surface area contributed by atoms with Gasteiger partial charge in [0.25, 0.3) is 0 Å². The van der Waals surface area contributed by atoms with Gasteiger partial charge < -0.3 is 14.7 Å². The number of hydrogen-bond donors (Lipinski definition) is 2. The molecule has 2 N–H and O–H groups in total. The molecule has 0 bridgehead atoms. The zero-order valence-corrected chi connectivity index (χ0v) is 18.8. The Morgan fingerprint density at radius 2 is 1.88 bits per heavy atom. The van der Waals surface area contributed by atoms with E-state index < -0.39 is 5.97 Å². The first-order chi connectivity index (χ1) is 16.4. The van der Waals surface area contributed by atoms with Crippen LogP contribution >= 0.6 is 0 Å². The predicted molar refractivity (Wildman–Crippen MR) is 133 cm³/mol. The number of H-pyrrole nitrogens is 1. The SMILES string of the molecule is CC(C)c1c(-c2cc(C(=O)O)c3cc[nH]c3c2)c2cc3c(cc2n1-c1ccc(F)cc1)C=NC3. The summed E-state index contributed by atoms with van der Waals surface area (Å²) in [6.07, 6.45) is 3.65. The topological polar surface area (TPSA) is 70.4 Å². The zero-order valence-electron chi connectivity index (χ0n) is 18.8. The van der Waals surface area contributed by atoms with E-state index >= 15 is 0 Å².